The average molecular weight is 304 g/mol. The lowest BCUT2D eigenvalue weighted by Crippen LogP contribution is -2.32. The Labute approximate surface area is 131 Å². The Bertz CT molecular complexity index is 564. The van der Waals surface area contributed by atoms with Crippen LogP contribution in [0.4, 0.5) is 11.6 Å². The zero-order valence-corrected chi connectivity index (χ0v) is 14.2. The molecule has 0 radical (unpaired) electrons. The highest BCUT2D eigenvalue weighted by Gasteiger charge is 2.21. The van der Waals surface area contributed by atoms with Crippen LogP contribution in [0.25, 0.3) is 0 Å². The van der Waals surface area contributed by atoms with Crippen LogP contribution in [0, 0.1) is 0 Å². The molecule has 0 amide bonds. The third-order valence-corrected chi connectivity index (χ3v) is 4.34. The van der Waals surface area contributed by atoms with Crippen LogP contribution < -0.4 is 10.2 Å². The summed E-state index contributed by atoms with van der Waals surface area (Å²) in [6, 6.07) is 4.65. The summed E-state index contributed by atoms with van der Waals surface area (Å²) in [7, 11) is 1.91. The first-order valence-corrected chi connectivity index (χ1v) is 8.24. The molecule has 0 saturated heterocycles. The van der Waals surface area contributed by atoms with E-state index in [-0.39, 0.29) is 0 Å². The van der Waals surface area contributed by atoms with E-state index in [1.165, 1.54) is 10.4 Å². The van der Waals surface area contributed by atoms with Crippen LogP contribution in [0.3, 0.4) is 0 Å². The highest BCUT2D eigenvalue weighted by molar-refractivity contribution is 7.09. The van der Waals surface area contributed by atoms with Gasteiger partial charge in [-0.2, -0.15) is 0 Å². The molecule has 0 spiro atoms. The summed E-state index contributed by atoms with van der Waals surface area (Å²) in [6.45, 7) is 9.67. The molecule has 0 aliphatic heterocycles. The van der Waals surface area contributed by atoms with Crippen molar-refractivity contribution in [2.24, 2.45) is 0 Å². The maximum atomic E-state index is 4.59. The van der Waals surface area contributed by atoms with Gasteiger partial charge in [-0.1, -0.05) is 19.9 Å². The first kappa shape index (κ1) is 15.8. The predicted molar refractivity (Wildman–Crippen MR) is 91.3 cm³/mol. The Hall–Kier alpha value is -1.62. The molecule has 0 aromatic carbocycles. The van der Waals surface area contributed by atoms with E-state index in [1.807, 2.05) is 7.05 Å². The van der Waals surface area contributed by atoms with E-state index in [1.54, 1.807) is 17.7 Å². The molecule has 0 saturated carbocycles. The van der Waals surface area contributed by atoms with Crippen LogP contribution >= 0.6 is 11.3 Å². The van der Waals surface area contributed by atoms with Crippen LogP contribution in [-0.4, -0.2) is 23.1 Å². The molecule has 1 N–H and O–H groups in total. The topological polar surface area (TPSA) is 41.1 Å². The maximum Gasteiger partial charge on any atom is 0.138 e. The number of nitrogens with zero attached hydrogens (tertiary/aromatic N) is 3. The molecule has 5 heteroatoms. The quantitative estimate of drug-likeness (QED) is 0.871. The van der Waals surface area contributed by atoms with Gasteiger partial charge in [0.1, 0.15) is 18.0 Å². The summed E-state index contributed by atoms with van der Waals surface area (Å²) in [5.74, 6) is 2.33. The molecule has 2 aromatic rings. The summed E-state index contributed by atoms with van der Waals surface area (Å²) in [5.41, 5.74) is 1.19. The molecule has 0 unspecified atom stereocenters. The minimum absolute atomic E-state index is 0.369. The van der Waals surface area contributed by atoms with E-state index in [0.29, 0.717) is 12.0 Å². The molecule has 0 fully saturated rings. The fourth-order valence-corrected chi connectivity index (χ4v) is 3.12. The van der Waals surface area contributed by atoms with Gasteiger partial charge in [0, 0.05) is 23.5 Å². The van der Waals surface area contributed by atoms with E-state index in [2.05, 4.69) is 65.4 Å². The van der Waals surface area contributed by atoms with Crippen molar-refractivity contribution >= 4 is 23.0 Å². The van der Waals surface area contributed by atoms with Crippen molar-refractivity contribution in [3.63, 3.8) is 0 Å². The molecular formula is C16H24N4S. The van der Waals surface area contributed by atoms with Crippen LogP contribution in [0.2, 0.25) is 0 Å². The number of nitrogens with one attached hydrogen (secondary N) is 1. The van der Waals surface area contributed by atoms with E-state index < -0.39 is 0 Å². The third kappa shape index (κ3) is 3.53. The molecule has 2 rings (SSSR count). The minimum Gasteiger partial charge on any atom is -0.373 e. The van der Waals surface area contributed by atoms with E-state index in [0.717, 1.165) is 18.2 Å². The molecule has 2 aromatic heterocycles. The van der Waals surface area contributed by atoms with Crippen molar-refractivity contribution in [1.29, 1.82) is 0 Å². The lowest BCUT2D eigenvalue weighted by molar-refractivity contribution is 0.665. The van der Waals surface area contributed by atoms with E-state index in [4.69, 9.17) is 0 Å². The number of rotatable bonds is 6. The molecule has 4 nitrogen and oxygen atoms in total. The van der Waals surface area contributed by atoms with Gasteiger partial charge in [-0.3, -0.25) is 0 Å². The summed E-state index contributed by atoms with van der Waals surface area (Å²) in [6.07, 6.45) is 1.65. The molecule has 114 valence electrons. The number of anilines is 2. The van der Waals surface area contributed by atoms with Crippen LogP contribution in [0.1, 0.15) is 44.1 Å². The predicted octanol–water partition coefficient (Wildman–Crippen LogP) is 4.12. The van der Waals surface area contributed by atoms with Gasteiger partial charge in [0.2, 0.25) is 0 Å². The third-order valence-electron chi connectivity index (χ3n) is 3.48. The second-order valence-corrected chi connectivity index (χ2v) is 6.70. The fourth-order valence-electron chi connectivity index (χ4n) is 2.42. The Morgan fingerprint density at radius 3 is 2.52 bits per heavy atom. The van der Waals surface area contributed by atoms with Crippen LogP contribution in [-0.2, 0) is 6.54 Å². The Balaban J connectivity index is 2.44. The summed E-state index contributed by atoms with van der Waals surface area (Å²) < 4.78 is 0. The summed E-state index contributed by atoms with van der Waals surface area (Å²) in [5, 5.41) is 5.32. The average Bonchev–Trinajstić information content (AvgIpc) is 2.96. The lowest BCUT2D eigenvalue weighted by atomic mass is 10.0. The number of hydrogen-bond acceptors (Lipinski definition) is 5. The smallest absolute Gasteiger partial charge is 0.138 e. The van der Waals surface area contributed by atoms with Crippen molar-refractivity contribution in [3.05, 3.63) is 34.3 Å². The molecule has 2 heterocycles. The lowest BCUT2D eigenvalue weighted by Gasteiger charge is -2.30. The fraction of sp³-hybridized carbons (Fsp3) is 0.500. The SMILES string of the molecule is CNc1ncnc(N(Cc2cccs2)C(C)C)c1C(C)C. The van der Waals surface area contributed by atoms with Gasteiger partial charge >= 0.3 is 0 Å². The molecule has 21 heavy (non-hydrogen) atoms. The van der Waals surface area contributed by atoms with Crippen molar-refractivity contribution in [3.8, 4) is 0 Å². The Morgan fingerprint density at radius 1 is 1.24 bits per heavy atom. The van der Waals surface area contributed by atoms with Gasteiger partial charge in [0.15, 0.2) is 0 Å². The zero-order valence-electron chi connectivity index (χ0n) is 13.4. The highest BCUT2D eigenvalue weighted by Crippen LogP contribution is 2.32. The summed E-state index contributed by atoms with van der Waals surface area (Å²) in [4.78, 5) is 12.7. The Kier molecular flexibility index (Phi) is 5.17. The van der Waals surface area contributed by atoms with Gasteiger partial charge in [0.05, 0.1) is 6.54 Å². The first-order valence-electron chi connectivity index (χ1n) is 7.36. The largest absolute Gasteiger partial charge is 0.373 e. The van der Waals surface area contributed by atoms with E-state index in [9.17, 15) is 0 Å². The number of aromatic nitrogens is 2. The number of thiophene rings is 1. The standard InChI is InChI=1S/C16H24N4S/c1-11(2)14-15(17-5)18-10-19-16(14)20(12(3)4)9-13-7-6-8-21-13/h6-8,10-12H,9H2,1-5H3,(H,17,18,19). The molecule has 0 bridgehead atoms. The van der Waals surface area contributed by atoms with Gasteiger partial charge in [-0.25, -0.2) is 9.97 Å². The molecular weight excluding hydrogens is 280 g/mol. The van der Waals surface area contributed by atoms with Crippen molar-refractivity contribution < 1.29 is 0 Å². The van der Waals surface area contributed by atoms with Gasteiger partial charge < -0.3 is 10.2 Å². The zero-order chi connectivity index (χ0) is 15.4. The molecule has 0 aliphatic carbocycles. The highest BCUT2D eigenvalue weighted by atomic mass is 32.1. The van der Waals surface area contributed by atoms with Crippen molar-refractivity contribution in [2.45, 2.75) is 46.2 Å². The number of hydrogen-bond donors (Lipinski definition) is 1. The van der Waals surface area contributed by atoms with Crippen LogP contribution in [0.15, 0.2) is 23.8 Å². The van der Waals surface area contributed by atoms with Gasteiger partial charge in [-0.05, 0) is 31.2 Å². The second-order valence-electron chi connectivity index (χ2n) is 5.67. The Morgan fingerprint density at radius 2 is 2.00 bits per heavy atom. The molecule has 0 atom stereocenters. The second kappa shape index (κ2) is 6.89. The van der Waals surface area contributed by atoms with Crippen molar-refractivity contribution in [1.82, 2.24) is 9.97 Å². The summed E-state index contributed by atoms with van der Waals surface area (Å²) >= 11 is 1.79. The van der Waals surface area contributed by atoms with Crippen molar-refractivity contribution in [2.75, 3.05) is 17.3 Å². The maximum absolute atomic E-state index is 4.59. The van der Waals surface area contributed by atoms with Gasteiger partial charge in [0.25, 0.3) is 0 Å². The minimum atomic E-state index is 0.369. The first-order chi connectivity index (χ1) is 10.0. The molecule has 0 aliphatic rings. The monoisotopic (exact) mass is 304 g/mol. The van der Waals surface area contributed by atoms with Gasteiger partial charge in [-0.15, -0.1) is 11.3 Å². The van der Waals surface area contributed by atoms with E-state index >= 15 is 0 Å². The normalized spacial score (nSPS) is 11.2. The van der Waals surface area contributed by atoms with Crippen LogP contribution in [0.5, 0.6) is 0 Å².